The molecule has 1 aromatic heterocycles. The molecule has 0 saturated heterocycles. The number of benzene rings is 2. The zero-order valence-corrected chi connectivity index (χ0v) is 12.7. The molecule has 0 unspecified atom stereocenters. The summed E-state index contributed by atoms with van der Waals surface area (Å²) in [6.45, 7) is 2.19. The Morgan fingerprint density at radius 1 is 1.13 bits per heavy atom. The molecular formula is C18H15N3O2. The number of aromatic amines is 1. The molecule has 0 bridgehead atoms. The van der Waals surface area contributed by atoms with Crippen molar-refractivity contribution >= 4 is 28.4 Å². The lowest BCUT2D eigenvalue weighted by Gasteiger charge is -2.17. The first-order valence-corrected chi connectivity index (χ1v) is 7.52. The second-order valence-electron chi connectivity index (χ2n) is 5.74. The van der Waals surface area contributed by atoms with Crippen molar-refractivity contribution in [3.8, 4) is 0 Å². The molecule has 1 aliphatic rings. The Bertz CT molecular complexity index is 942. The van der Waals surface area contributed by atoms with Crippen molar-refractivity contribution in [3.05, 3.63) is 59.4 Å². The van der Waals surface area contributed by atoms with Gasteiger partial charge in [0, 0.05) is 23.4 Å². The van der Waals surface area contributed by atoms with Crippen LogP contribution in [0.25, 0.3) is 11.0 Å². The average Bonchev–Trinajstić information content (AvgIpc) is 3.19. The van der Waals surface area contributed by atoms with Crippen LogP contribution in [0.4, 0.5) is 5.69 Å². The minimum Gasteiger partial charge on any atom is -0.345 e. The highest BCUT2D eigenvalue weighted by molar-refractivity contribution is 6.09. The van der Waals surface area contributed by atoms with Crippen LogP contribution in [0.15, 0.2) is 42.7 Å². The van der Waals surface area contributed by atoms with Crippen molar-refractivity contribution in [2.75, 3.05) is 11.4 Å². The van der Waals surface area contributed by atoms with E-state index in [0.29, 0.717) is 17.7 Å². The molecule has 0 fully saturated rings. The number of ketones is 1. The zero-order valence-electron chi connectivity index (χ0n) is 12.7. The molecule has 0 radical (unpaired) electrons. The van der Waals surface area contributed by atoms with Crippen LogP contribution in [-0.2, 0) is 6.42 Å². The van der Waals surface area contributed by atoms with Gasteiger partial charge in [0.15, 0.2) is 5.78 Å². The van der Waals surface area contributed by atoms with E-state index in [4.69, 9.17) is 0 Å². The monoisotopic (exact) mass is 305 g/mol. The Morgan fingerprint density at radius 3 is 2.78 bits per heavy atom. The second-order valence-corrected chi connectivity index (χ2v) is 5.74. The van der Waals surface area contributed by atoms with Crippen molar-refractivity contribution in [1.82, 2.24) is 9.97 Å². The number of carbonyl (C=O) groups is 2. The Kier molecular flexibility index (Phi) is 3.01. The standard InChI is InChI=1S/C18H15N3O2/c1-11(22)12-3-5-17-13(8-12)6-7-21(17)18(23)14-2-4-15-16(9-14)20-10-19-15/h2-5,8-10H,6-7H2,1H3,(H,19,20). The number of anilines is 1. The Hall–Kier alpha value is -2.95. The van der Waals surface area contributed by atoms with E-state index in [2.05, 4.69) is 9.97 Å². The summed E-state index contributed by atoms with van der Waals surface area (Å²) in [5, 5.41) is 0. The Balaban J connectivity index is 1.69. The third-order valence-electron chi connectivity index (χ3n) is 4.29. The molecule has 2 aromatic carbocycles. The zero-order chi connectivity index (χ0) is 16.0. The van der Waals surface area contributed by atoms with Gasteiger partial charge in [0.25, 0.3) is 5.91 Å². The minimum atomic E-state index is -0.0316. The summed E-state index contributed by atoms with van der Waals surface area (Å²) < 4.78 is 0. The van der Waals surface area contributed by atoms with E-state index in [-0.39, 0.29) is 11.7 Å². The molecule has 114 valence electrons. The number of rotatable bonds is 2. The summed E-state index contributed by atoms with van der Waals surface area (Å²) in [6.07, 6.45) is 2.39. The van der Waals surface area contributed by atoms with Crippen LogP contribution < -0.4 is 4.90 Å². The van der Waals surface area contributed by atoms with Crippen molar-refractivity contribution in [3.63, 3.8) is 0 Å². The van der Waals surface area contributed by atoms with Crippen molar-refractivity contribution in [2.45, 2.75) is 13.3 Å². The van der Waals surface area contributed by atoms with Gasteiger partial charge >= 0.3 is 0 Å². The van der Waals surface area contributed by atoms with Crippen LogP contribution in [-0.4, -0.2) is 28.2 Å². The smallest absolute Gasteiger partial charge is 0.258 e. The number of hydrogen-bond acceptors (Lipinski definition) is 3. The van der Waals surface area contributed by atoms with Crippen LogP contribution >= 0.6 is 0 Å². The topological polar surface area (TPSA) is 66.1 Å². The third kappa shape index (κ3) is 2.21. The van der Waals surface area contributed by atoms with E-state index in [1.807, 2.05) is 24.3 Å². The highest BCUT2D eigenvalue weighted by Crippen LogP contribution is 2.30. The molecule has 0 aliphatic carbocycles. The number of amides is 1. The summed E-state index contributed by atoms with van der Waals surface area (Å²) in [5.74, 6) is 0.0121. The molecule has 0 saturated carbocycles. The van der Waals surface area contributed by atoms with Crippen LogP contribution in [0.5, 0.6) is 0 Å². The lowest BCUT2D eigenvalue weighted by Crippen LogP contribution is -2.28. The summed E-state index contributed by atoms with van der Waals surface area (Å²) in [4.78, 5) is 33.3. The molecule has 0 atom stereocenters. The van der Waals surface area contributed by atoms with E-state index >= 15 is 0 Å². The first-order chi connectivity index (χ1) is 11.1. The summed E-state index contributed by atoms with van der Waals surface area (Å²) >= 11 is 0. The summed E-state index contributed by atoms with van der Waals surface area (Å²) in [7, 11) is 0. The van der Waals surface area contributed by atoms with Crippen LogP contribution in [0.1, 0.15) is 33.2 Å². The number of carbonyl (C=O) groups excluding carboxylic acids is 2. The lowest BCUT2D eigenvalue weighted by atomic mass is 10.1. The molecule has 0 spiro atoms. The summed E-state index contributed by atoms with van der Waals surface area (Å²) in [6, 6.07) is 11.0. The van der Waals surface area contributed by atoms with Gasteiger partial charge in [-0.05, 0) is 55.3 Å². The number of hydrogen-bond donors (Lipinski definition) is 1. The van der Waals surface area contributed by atoms with Gasteiger partial charge in [0.2, 0.25) is 0 Å². The maximum absolute atomic E-state index is 12.8. The predicted octanol–water partition coefficient (Wildman–Crippen LogP) is 2.97. The van der Waals surface area contributed by atoms with Crippen LogP contribution in [0.2, 0.25) is 0 Å². The van der Waals surface area contributed by atoms with E-state index in [1.165, 1.54) is 0 Å². The normalized spacial score (nSPS) is 13.3. The second kappa shape index (κ2) is 5.05. The van der Waals surface area contributed by atoms with Gasteiger partial charge < -0.3 is 9.88 Å². The fraction of sp³-hybridized carbons (Fsp3) is 0.167. The van der Waals surface area contributed by atoms with Crippen LogP contribution in [0, 0.1) is 0 Å². The number of imidazole rings is 1. The molecule has 3 aromatic rings. The molecule has 2 heterocycles. The SMILES string of the molecule is CC(=O)c1ccc2c(c1)CCN2C(=O)c1ccc2nc[nH]c2c1. The number of Topliss-reactive ketones (excluding diaryl/α,β-unsaturated/α-hetero) is 1. The largest absolute Gasteiger partial charge is 0.345 e. The molecule has 5 nitrogen and oxygen atoms in total. The van der Waals surface area contributed by atoms with Gasteiger partial charge in [-0.1, -0.05) is 0 Å². The van der Waals surface area contributed by atoms with Gasteiger partial charge in [-0.15, -0.1) is 0 Å². The third-order valence-corrected chi connectivity index (χ3v) is 4.29. The number of nitrogens with zero attached hydrogens (tertiary/aromatic N) is 2. The van der Waals surface area contributed by atoms with Gasteiger partial charge in [-0.25, -0.2) is 4.98 Å². The van der Waals surface area contributed by atoms with Crippen molar-refractivity contribution < 1.29 is 9.59 Å². The summed E-state index contributed by atoms with van der Waals surface area (Å²) in [5.41, 5.74) is 4.96. The Labute approximate surface area is 133 Å². The number of nitrogens with one attached hydrogen (secondary N) is 1. The highest BCUT2D eigenvalue weighted by atomic mass is 16.2. The van der Waals surface area contributed by atoms with E-state index in [1.54, 1.807) is 30.3 Å². The maximum atomic E-state index is 12.8. The van der Waals surface area contributed by atoms with Crippen LogP contribution in [0.3, 0.4) is 0 Å². The molecule has 1 N–H and O–H groups in total. The highest BCUT2D eigenvalue weighted by Gasteiger charge is 2.26. The minimum absolute atomic E-state index is 0.0316. The van der Waals surface area contributed by atoms with E-state index < -0.39 is 0 Å². The quantitative estimate of drug-likeness (QED) is 0.740. The Morgan fingerprint density at radius 2 is 1.96 bits per heavy atom. The number of aromatic nitrogens is 2. The molecule has 5 heteroatoms. The molecule has 1 aliphatic heterocycles. The fourth-order valence-electron chi connectivity index (χ4n) is 3.06. The predicted molar refractivity (Wildman–Crippen MR) is 87.9 cm³/mol. The lowest BCUT2D eigenvalue weighted by molar-refractivity contribution is 0.0987. The van der Waals surface area contributed by atoms with Gasteiger partial charge in [-0.2, -0.15) is 0 Å². The van der Waals surface area contributed by atoms with Crippen molar-refractivity contribution in [2.24, 2.45) is 0 Å². The molecule has 4 rings (SSSR count). The number of H-pyrrole nitrogens is 1. The maximum Gasteiger partial charge on any atom is 0.258 e. The molecule has 1 amide bonds. The molecular weight excluding hydrogens is 290 g/mol. The van der Waals surface area contributed by atoms with Crippen molar-refractivity contribution in [1.29, 1.82) is 0 Å². The van der Waals surface area contributed by atoms with Gasteiger partial charge in [0.1, 0.15) is 0 Å². The average molecular weight is 305 g/mol. The first-order valence-electron chi connectivity index (χ1n) is 7.52. The van der Waals surface area contributed by atoms with Gasteiger partial charge in [0.05, 0.1) is 17.4 Å². The first kappa shape index (κ1) is 13.7. The fourth-order valence-corrected chi connectivity index (χ4v) is 3.06. The van der Waals surface area contributed by atoms with E-state index in [0.717, 1.165) is 28.7 Å². The molecule has 23 heavy (non-hydrogen) atoms. The van der Waals surface area contributed by atoms with E-state index in [9.17, 15) is 9.59 Å². The number of fused-ring (bicyclic) bond motifs is 2. The van der Waals surface area contributed by atoms with Gasteiger partial charge in [-0.3, -0.25) is 9.59 Å².